The second-order valence-electron chi connectivity index (χ2n) is 10.2. The van der Waals surface area contributed by atoms with E-state index in [1.54, 1.807) is 0 Å². The van der Waals surface area contributed by atoms with Crippen LogP contribution in [-0.2, 0) is 9.53 Å². The van der Waals surface area contributed by atoms with Crippen molar-refractivity contribution in [3.8, 4) is 0 Å². The van der Waals surface area contributed by atoms with Crippen molar-refractivity contribution in [2.75, 3.05) is 0 Å². The molecule has 4 fully saturated rings. The van der Waals surface area contributed by atoms with Crippen LogP contribution in [-0.4, -0.2) is 11.6 Å². The fraction of sp³-hybridized carbons (Fsp3) is 0.952. The first-order valence-corrected chi connectivity index (χ1v) is 10.0. The molecular formula is C21H34O2. The van der Waals surface area contributed by atoms with Gasteiger partial charge in [0, 0.05) is 11.3 Å². The van der Waals surface area contributed by atoms with Crippen molar-refractivity contribution < 1.29 is 9.53 Å². The molecular weight excluding hydrogens is 284 g/mol. The minimum atomic E-state index is -0.205. The Kier molecular flexibility index (Phi) is 3.46. The van der Waals surface area contributed by atoms with Crippen LogP contribution in [0.3, 0.4) is 0 Å². The quantitative estimate of drug-likeness (QED) is 0.537. The molecule has 0 aromatic carbocycles. The van der Waals surface area contributed by atoms with Crippen LogP contribution in [0.4, 0.5) is 0 Å². The number of ether oxygens (including phenoxy) is 1. The van der Waals surface area contributed by atoms with Crippen molar-refractivity contribution in [3.05, 3.63) is 0 Å². The van der Waals surface area contributed by atoms with Gasteiger partial charge in [0.05, 0.1) is 5.92 Å². The van der Waals surface area contributed by atoms with Gasteiger partial charge in [0.1, 0.15) is 5.60 Å². The maximum Gasteiger partial charge on any atom is 0.309 e. The third-order valence-corrected chi connectivity index (χ3v) is 8.34. The Bertz CT molecular complexity index is 504. The molecule has 2 nitrogen and oxygen atoms in total. The van der Waals surface area contributed by atoms with Gasteiger partial charge in [0.2, 0.25) is 0 Å². The predicted molar refractivity (Wildman–Crippen MR) is 91.8 cm³/mol. The summed E-state index contributed by atoms with van der Waals surface area (Å²) in [5.74, 6) is 5.30. The highest BCUT2D eigenvalue weighted by Gasteiger charge is 2.70. The van der Waals surface area contributed by atoms with E-state index in [4.69, 9.17) is 4.74 Å². The molecule has 2 heteroatoms. The Morgan fingerprint density at radius 2 is 1.78 bits per heavy atom. The van der Waals surface area contributed by atoms with E-state index in [0.717, 1.165) is 42.4 Å². The number of hydrogen-bond acceptors (Lipinski definition) is 2. The number of carbonyl (C=O) groups excluding carboxylic acids is 1. The van der Waals surface area contributed by atoms with Gasteiger partial charge in [0.25, 0.3) is 0 Å². The maximum absolute atomic E-state index is 12.7. The van der Waals surface area contributed by atoms with Crippen molar-refractivity contribution in [2.45, 2.75) is 78.7 Å². The molecule has 0 aliphatic heterocycles. The van der Waals surface area contributed by atoms with Crippen LogP contribution < -0.4 is 0 Å². The molecule has 0 saturated heterocycles. The van der Waals surface area contributed by atoms with Gasteiger partial charge in [-0.1, -0.05) is 34.6 Å². The lowest BCUT2D eigenvalue weighted by atomic mass is 9.59. The summed E-state index contributed by atoms with van der Waals surface area (Å²) in [6, 6.07) is 0. The number of hydrogen-bond donors (Lipinski definition) is 0. The molecule has 23 heavy (non-hydrogen) atoms. The minimum absolute atomic E-state index is 0.0316. The van der Waals surface area contributed by atoms with Crippen molar-refractivity contribution in [1.29, 1.82) is 0 Å². The van der Waals surface area contributed by atoms with Crippen molar-refractivity contribution in [3.63, 3.8) is 0 Å². The first-order valence-electron chi connectivity index (χ1n) is 10.0. The van der Waals surface area contributed by atoms with E-state index < -0.39 is 0 Å². The molecule has 0 radical (unpaired) electrons. The highest BCUT2D eigenvalue weighted by atomic mass is 16.6. The second kappa shape index (κ2) is 4.99. The molecule has 0 aromatic rings. The molecule has 0 amide bonds. The van der Waals surface area contributed by atoms with Crippen LogP contribution in [0.1, 0.15) is 73.1 Å². The molecule has 130 valence electrons. The average molecular weight is 319 g/mol. The van der Waals surface area contributed by atoms with Gasteiger partial charge in [-0.15, -0.1) is 0 Å². The van der Waals surface area contributed by atoms with Gasteiger partial charge in [0.15, 0.2) is 0 Å². The van der Waals surface area contributed by atoms with E-state index in [1.165, 1.54) is 25.7 Å². The topological polar surface area (TPSA) is 26.3 Å². The fourth-order valence-electron chi connectivity index (χ4n) is 7.16. The normalized spacial score (nSPS) is 48.6. The van der Waals surface area contributed by atoms with Crippen molar-refractivity contribution >= 4 is 5.97 Å². The van der Waals surface area contributed by atoms with E-state index in [2.05, 4.69) is 27.7 Å². The standard InChI is InChI=1S/C21H34O2/c1-6-12(2)19(22)23-21(20(3,4)5)11-15-10-16(21)18-14-8-7-13(9-14)17(15)18/h12-18H,6-11H2,1-5H3. The summed E-state index contributed by atoms with van der Waals surface area (Å²) in [4.78, 5) is 12.7. The Morgan fingerprint density at radius 3 is 2.39 bits per heavy atom. The Balaban J connectivity index is 1.65. The van der Waals surface area contributed by atoms with Crippen LogP contribution in [0.5, 0.6) is 0 Å². The van der Waals surface area contributed by atoms with Crippen LogP contribution in [0, 0.1) is 46.8 Å². The first-order chi connectivity index (χ1) is 10.8. The first kappa shape index (κ1) is 16.0. The molecule has 4 saturated carbocycles. The molecule has 0 N–H and O–H groups in total. The SMILES string of the molecule is CCC(C)C(=O)OC1(C(C)(C)C)CC2CC1C1C3CCC(C3)C21. The minimum Gasteiger partial charge on any atom is -0.458 e. The van der Waals surface area contributed by atoms with E-state index in [9.17, 15) is 4.79 Å². The largest absolute Gasteiger partial charge is 0.458 e. The van der Waals surface area contributed by atoms with E-state index in [-0.39, 0.29) is 22.9 Å². The van der Waals surface area contributed by atoms with E-state index in [1.807, 2.05) is 6.92 Å². The van der Waals surface area contributed by atoms with E-state index in [0.29, 0.717) is 5.92 Å². The van der Waals surface area contributed by atoms with Gasteiger partial charge in [-0.25, -0.2) is 0 Å². The molecule has 4 aliphatic rings. The van der Waals surface area contributed by atoms with Crippen molar-refractivity contribution in [2.24, 2.45) is 46.8 Å². The summed E-state index contributed by atoms with van der Waals surface area (Å²) in [5, 5.41) is 0. The Morgan fingerprint density at radius 1 is 1.13 bits per heavy atom. The zero-order valence-electron chi connectivity index (χ0n) is 15.6. The Hall–Kier alpha value is -0.530. The number of rotatable bonds is 3. The van der Waals surface area contributed by atoms with Gasteiger partial charge in [-0.2, -0.15) is 0 Å². The van der Waals surface area contributed by atoms with Gasteiger partial charge in [-0.05, 0) is 68.1 Å². The number of esters is 1. The maximum atomic E-state index is 12.7. The molecule has 4 bridgehead atoms. The smallest absolute Gasteiger partial charge is 0.309 e. The van der Waals surface area contributed by atoms with E-state index >= 15 is 0 Å². The number of carbonyl (C=O) groups is 1. The molecule has 0 spiro atoms. The highest BCUT2D eigenvalue weighted by Crippen LogP contribution is 2.72. The third kappa shape index (κ3) is 2.02. The van der Waals surface area contributed by atoms with Gasteiger partial charge in [-0.3, -0.25) is 4.79 Å². The second-order valence-corrected chi connectivity index (χ2v) is 10.2. The summed E-state index contributed by atoms with van der Waals surface area (Å²) in [5.41, 5.74) is -0.161. The monoisotopic (exact) mass is 318 g/mol. The average Bonchev–Trinajstić information content (AvgIpc) is 3.22. The summed E-state index contributed by atoms with van der Waals surface area (Å²) in [6.07, 6.45) is 7.73. The summed E-state index contributed by atoms with van der Waals surface area (Å²) < 4.78 is 6.43. The van der Waals surface area contributed by atoms with Crippen molar-refractivity contribution in [1.82, 2.24) is 0 Å². The van der Waals surface area contributed by atoms with Gasteiger partial charge >= 0.3 is 5.97 Å². The fourth-order valence-corrected chi connectivity index (χ4v) is 7.16. The molecule has 0 aromatic heterocycles. The molecule has 8 atom stereocenters. The zero-order chi connectivity index (χ0) is 16.6. The van der Waals surface area contributed by atoms with Crippen LogP contribution in [0.15, 0.2) is 0 Å². The highest BCUT2D eigenvalue weighted by molar-refractivity contribution is 5.72. The number of fused-ring (bicyclic) bond motifs is 9. The molecule has 4 aliphatic carbocycles. The molecule has 8 unspecified atom stereocenters. The van der Waals surface area contributed by atoms with Crippen LogP contribution in [0.25, 0.3) is 0 Å². The summed E-state index contributed by atoms with van der Waals surface area (Å²) >= 11 is 0. The predicted octanol–water partition coefficient (Wildman–Crippen LogP) is 5.06. The molecule has 0 heterocycles. The van der Waals surface area contributed by atoms with Crippen LogP contribution >= 0.6 is 0 Å². The van der Waals surface area contributed by atoms with Gasteiger partial charge < -0.3 is 4.74 Å². The zero-order valence-corrected chi connectivity index (χ0v) is 15.6. The Labute approximate surface area is 141 Å². The third-order valence-electron chi connectivity index (χ3n) is 8.34. The lowest BCUT2D eigenvalue weighted by Crippen LogP contribution is -2.56. The summed E-state index contributed by atoms with van der Waals surface area (Å²) in [7, 11) is 0. The lowest BCUT2D eigenvalue weighted by Gasteiger charge is -2.52. The van der Waals surface area contributed by atoms with Crippen LogP contribution in [0.2, 0.25) is 0 Å². The molecule has 4 rings (SSSR count). The summed E-state index contributed by atoms with van der Waals surface area (Å²) in [6.45, 7) is 11.0. The lowest BCUT2D eigenvalue weighted by molar-refractivity contribution is -0.198.